The van der Waals surface area contributed by atoms with Gasteiger partial charge in [0.05, 0.1) is 11.8 Å². The molecule has 1 aromatic rings. The van der Waals surface area contributed by atoms with Gasteiger partial charge < -0.3 is 14.9 Å². The molecule has 3 rings (SSSR count). The van der Waals surface area contributed by atoms with Gasteiger partial charge in [0.1, 0.15) is 0 Å². The van der Waals surface area contributed by atoms with E-state index in [9.17, 15) is 14.7 Å². The van der Waals surface area contributed by atoms with Gasteiger partial charge in [0, 0.05) is 26.2 Å². The number of carbonyl (C=O) groups excluding carboxylic acids is 1. The molecule has 2 unspecified atom stereocenters. The summed E-state index contributed by atoms with van der Waals surface area (Å²) in [5.74, 6) is -1.77. The first kappa shape index (κ1) is 16.6. The number of benzene rings is 1. The molecular weight excluding hydrogens is 304 g/mol. The van der Waals surface area contributed by atoms with Gasteiger partial charge in [-0.3, -0.25) is 9.59 Å². The lowest BCUT2D eigenvalue weighted by Gasteiger charge is -2.34. The van der Waals surface area contributed by atoms with Gasteiger partial charge in [0.15, 0.2) is 0 Å². The first-order chi connectivity index (χ1) is 11.4. The molecule has 1 N–H and O–H groups in total. The zero-order valence-electron chi connectivity index (χ0n) is 14.2. The van der Waals surface area contributed by atoms with Gasteiger partial charge in [0.25, 0.3) is 0 Å². The number of carboxylic acids is 1. The highest BCUT2D eigenvalue weighted by Crippen LogP contribution is 2.59. The Morgan fingerprint density at radius 3 is 2.25 bits per heavy atom. The van der Waals surface area contributed by atoms with Crippen molar-refractivity contribution in [3.63, 3.8) is 0 Å². The Morgan fingerprint density at radius 1 is 1.08 bits per heavy atom. The molecule has 5 heteroatoms. The molecule has 24 heavy (non-hydrogen) atoms. The van der Waals surface area contributed by atoms with Crippen LogP contribution in [0, 0.1) is 17.3 Å². The minimum absolute atomic E-state index is 0.000844. The number of amides is 1. The van der Waals surface area contributed by atoms with Crippen LogP contribution in [-0.2, 0) is 9.59 Å². The molecule has 1 heterocycles. The van der Waals surface area contributed by atoms with Gasteiger partial charge >= 0.3 is 5.97 Å². The topological polar surface area (TPSA) is 60.9 Å². The van der Waals surface area contributed by atoms with Crippen molar-refractivity contribution in [3.8, 4) is 0 Å². The zero-order chi connectivity index (χ0) is 17.3. The summed E-state index contributed by atoms with van der Waals surface area (Å²) in [6, 6.07) is 10.1. The summed E-state index contributed by atoms with van der Waals surface area (Å²) in [6.07, 6.45) is 4.14. The minimum atomic E-state index is -0.859. The van der Waals surface area contributed by atoms with Crippen molar-refractivity contribution >= 4 is 18.0 Å². The lowest BCUT2D eigenvalue weighted by atomic mass is 10.1. The van der Waals surface area contributed by atoms with Gasteiger partial charge in [-0.25, -0.2) is 0 Å². The molecule has 1 aliphatic carbocycles. The monoisotopic (exact) mass is 328 g/mol. The van der Waals surface area contributed by atoms with E-state index < -0.39 is 17.3 Å². The van der Waals surface area contributed by atoms with E-state index in [0.717, 1.165) is 18.7 Å². The van der Waals surface area contributed by atoms with Crippen LogP contribution >= 0.6 is 0 Å². The Bertz CT molecular complexity index is 646. The summed E-state index contributed by atoms with van der Waals surface area (Å²) in [5, 5.41) is 9.24. The van der Waals surface area contributed by atoms with Crippen LogP contribution in [0.5, 0.6) is 0 Å². The number of hydrogen-bond donors (Lipinski definition) is 1. The maximum Gasteiger partial charge on any atom is 0.307 e. The largest absolute Gasteiger partial charge is 0.481 e. The van der Waals surface area contributed by atoms with Gasteiger partial charge in [-0.1, -0.05) is 44.2 Å². The normalized spacial score (nSPS) is 25.8. The van der Waals surface area contributed by atoms with Crippen LogP contribution in [-0.4, -0.2) is 53.0 Å². The van der Waals surface area contributed by atoms with Crippen molar-refractivity contribution in [1.29, 1.82) is 0 Å². The third-order valence-electron chi connectivity index (χ3n) is 5.26. The summed E-state index contributed by atoms with van der Waals surface area (Å²) in [4.78, 5) is 27.9. The van der Waals surface area contributed by atoms with Crippen molar-refractivity contribution in [3.05, 3.63) is 42.1 Å². The Morgan fingerprint density at radius 2 is 1.71 bits per heavy atom. The molecule has 1 aromatic carbocycles. The molecule has 0 bridgehead atoms. The van der Waals surface area contributed by atoms with Crippen LogP contribution in [0.15, 0.2) is 36.5 Å². The van der Waals surface area contributed by atoms with Crippen LogP contribution in [0.2, 0.25) is 0 Å². The Balaban J connectivity index is 1.53. The molecule has 1 aliphatic heterocycles. The van der Waals surface area contributed by atoms with E-state index in [2.05, 4.69) is 29.3 Å². The molecule has 2 fully saturated rings. The van der Waals surface area contributed by atoms with Crippen molar-refractivity contribution < 1.29 is 14.7 Å². The maximum absolute atomic E-state index is 12.6. The predicted octanol–water partition coefficient (Wildman–Crippen LogP) is 2.16. The summed E-state index contributed by atoms with van der Waals surface area (Å²) in [7, 11) is 0. The fourth-order valence-corrected chi connectivity index (χ4v) is 3.60. The number of carbonyl (C=O) groups is 2. The molecule has 5 nitrogen and oxygen atoms in total. The highest BCUT2D eigenvalue weighted by atomic mass is 16.4. The molecule has 2 atom stereocenters. The SMILES string of the molecule is CC1(C)C(C(=O)O)C1C(=O)N1CCN(/C=C/c2ccccc2)CC1. The molecule has 1 saturated carbocycles. The Labute approximate surface area is 142 Å². The number of hydrogen-bond acceptors (Lipinski definition) is 3. The highest BCUT2D eigenvalue weighted by molar-refractivity contribution is 5.91. The maximum atomic E-state index is 12.6. The van der Waals surface area contributed by atoms with E-state index in [-0.39, 0.29) is 11.8 Å². The lowest BCUT2D eigenvalue weighted by Crippen LogP contribution is -2.47. The van der Waals surface area contributed by atoms with Gasteiger partial charge in [0.2, 0.25) is 5.91 Å². The van der Waals surface area contributed by atoms with Crippen LogP contribution in [0.25, 0.3) is 6.08 Å². The lowest BCUT2D eigenvalue weighted by molar-refractivity contribution is -0.142. The van der Waals surface area contributed by atoms with E-state index in [4.69, 9.17) is 0 Å². The molecule has 1 amide bonds. The smallest absolute Gasteiger partial charge is 0.307 e. The van der Waals surface area contributed by atoms with Crippen LogP contribution < -0.4 is 0 Å². The Kier molecular flexibility index (Phi) is 4.35. The summed E-state index contributed by atoms with van der Waals surface area (Å²) in [6.45, 7) is 6.59. The number of piperazine rings is 1. The van der Waals surface area contributed by atoms with E-state index in [0.29, 0.717) is 13.1 Å². The average Bonchev–Trinajstić information content (AvgIpc) is 3.16. The standard InChI is InChI=1S/C19H24N2O3/c1-19(2)15(16(19)18(23)24)17(22)21-12-10-20(11-13-21)9-8-14-6-4-3-5-7-14/h3-9,15-16H,10-13H2,1-2H3,(H,23,24)/b9-8+. The molecular formula is C19H24N2O3. The third kappa shape index (κ3) is 3.16. The predicted molar refractivity (Wildman–Crippen MR) is 92.0 cm³/mol. The number of nitrogens with zero attached hydrogens (tertiary/aromatic N) is 2. The fraction of sp³-hybridized carbons (Fsp3) is 0.474. The van der Waals surface area contributed by atoms with Crippen molar-refractivity contribution in [2.45, 2.75) is 13.8 Å². The molecule has 0 spiro atoms. The first-order valence-electron chi connectivity index (χ1n) is 8.40. The quantitative estimate of drug-likeness (QED) is 0.920. The van der Waals surface area contributed by atoms with Crippen molar-refractivity contribution in [1.82, 2.24) is 9.80 Å². The second-order valence-corrected chi connectivity index (χ2v) is 7.20. The average molecular weight is 328 g/mol. The van der Waals surface area contributed by atoms with Crippen LogP contribution in [0.1, 0.15) is 19.4 Å². The highest BCUT2D eigenvalue weighted by Gasteiger charge is 2.66. The third-order valence-corrected chi connectivity index (χ3v) is 5.26. The fourth-order valence-electron chi connectivity index (χ4n) is 3.60. The molecule has 128 valence electrons. The molecule has 0 aromatic heterocycles. The van der Waals surface area contributed by atoms with Crippen molar-refractivity contribution in [2.75, 3.05) is 26.2 Å². The number of carboxylic acid groups (broad SMARTS) is 1. The van der Waals surface area contributed by atoms with E-state index in [1.807, 2.05) is 36.9 Å². The second kappa shape index (κ2) is 6.30. The molecule has 2 aliphatic rings. The summed E-state index contributed by atoms with van der Waals surface area (Å²) >= 11 is 0. The second-order valence-electron chi connectivity index (χ2n) is 7.20. The van der Waals surface area contributed by atoms with E-state index >= 15 is 0 Å². The zero-order valence-corrected chi connectivity index (χ0v) is 14.2. The van der Waals surface area contributed by atoms with Crippen LogP contribution in [0.3, 0.4) is 0 Å². The minimum Gasteiger partial charge on any atom is -0.481 e. The summed E-state index contributed by atoms with van der Waals surface area (Å²) in [5.41, 5.74) is 0.729. The summed E-state index contributed by atoms with van der Waals surface area (Å²) < 4.78 is 0. The van der Waals surface area contributed by atoms with Gasteiger partial charge in [-0.05, 0) is 23.3 Å². The number of aliphatic carboxylic acids is 1. The van der Waals surface area contributed by atoms with Crippen molar-refractivity contribution in [2.24, 2.45) is 17.3 Å². The molecule has 0 radical (unpaired) electrons. The van der Waals surface area contributed by atoms with Gasteiger partial charge in [-0.2, -0.15) is 0 Å². The number of rotatable bonds is 4. The van der Waals surface area contributed by atoms with E-state index in [1.165, 1.54) is 0 Å². The van der Waals surface area contributed by atoms with Crippen LogP contribution in [0.4, 0.5) is 0 Å². The molecule has 1 saturated heterocycles. The Hall–Kier alpha value is -2.30. The van der Waals surface area contributed by atoms with E-state index in [1.54, 1.807) is 0 Å². The first-order valence-corrected chi connectivity index (χ1v) is 8.40. The van der Waals surface area contributed by atoms with Gasteiger partial charge in [-0.15, -0.1) is 0 Å².